The molecule has 25 heteroatoms. The van der Waals surface area contributed by atoms with Crippen LogP contribution in [-0.4, -0.2) is 149 Å². The van der Waals surface area contributed by atoms with E-state index in [1.165, 1.54) is 12.1 Å². The molecule has 1 aromatic carbocycles. The molecule has 0 spiro atoms. The molecular weight excluding hydrogens is 881 g/mol. The van der Waals surface area contributed by atoms with Crippen LogP contribution in [0.4, 0.5) is 0 Å². The highest BCUT2D eigenvalue weighted by atomic mass is 16.3. The van der Waals surface area contributed by atoms with Crippen LogP contribution < -0.4 is 59.7 Å². The maximum Gasteiger partial charge on any atom is 0.245 e. The van der Waals surface area contributed by atoms with Gasteiger partial charge in [-0.25, -0.2) is 0 Å². The number of nitrogens with two attached hydrogens (primary N) is 3. The van der Waals surface area contributed by atoms with Crippen LogP contribution in [0.1, 0.15) is 70.8 Å². The van der Waals surface area contributed by atoms with Gasteiger partial charge in [-0.3, -0.25) is 52.7 Å². The second-order valence-electron chi connectivity index (χ2n) is 16.3. The summed E-state index contributed by atoms with van der Waals surface area (Å²) in [6.45, 7) is 5.48. The number of rotatable bonds is 16. The van der Waals surface area contributed by atoms with Crippen molar-refractivity contribution in [1.82, 2.24) is 47.4 Å². The summed E-state index contributed by atoms with van der Waals surface area (Å²) in [6, 6.07) is -3.79. The Kier molecular flexibility index (Phi) is 21.0. The van der Waals surface area contributed by atoms with Crippen molar-refractivity contribution in [1.29, 1.82) is 0 Å². The third-order valence-electron chi connectivity index (χ3n) is 11.1. The number of benzene rings is 1. The van der Waals surface area contributed by atoms with Crippen molar-refractivity contribution >= 4 is 65.0 Å². The highest BCUT2D eigenvalue weighted by Crippen LogP contribution is 2.21. The van der Waals surface area contributed by atoms with Crippen LogP contribution in [0.5, 0.6) is 5.75 Å². The molecule has 67 heavy (non-hydrogen) atoms. The van der Waals surface area contributed by atoms with Crippen molar-refractivity contribution < 1.29 is 63.0 Å². The van der Waals surface area contributed by atoms with Crippen molar-refractivity contribution in [2.75, 3.05) is 26.2 Å². The Balaban J connectivity index is 2.05. The molecule has 0 saturated carbocycles. The quantitative estimate of drug-likeness (QED) is 0.0736. The molecule has 1 aromatic rings. The number of phenolic OH excluding ortho intramolecular Hbond substituents is 1. The Morgan fingerprint density at radius 1 is 0.836 bits per heavy atom. The smallest absolute Gasteiger partial charge is 0.245 e. The van der Waals surface area contributed by atoms with E-state index in [9.17, 15) is 63.0 Å². The van der Waals surface area contributed by atoms with Crippen LogP contribution in [-0.2, 0) is 59.2 Å². The fourth-order valence-electron chi connectivity index (χ4n) is 7.21. The van der Waals surface area contributed by atoms with Gasteiger partial charge in [-0.05, 0) is 55.7 Å². The number of carbonyl (C=O) groups excluding carboxylic acids is 11. The number of aromatic hydroxyl groups is 1. The second-order valence-corrected chi connectivity index (χ2v) is 16.3. The van der Waals surface area contributed by atoms with Crippen molar-refractivity contribution in [2.24, 2.45) is 23.1 Å². The van der Waals surface area contributed by atoms with E-state index in [4.69, 9.17) is 17.2 Å². The number of likely N-dealkylation sites (tertiary alicyclic amines) is 1. The topological polar surface area (TPSA) is 406 Å². The Bertz CT molecular complexity index is 2030. The van der Waals surface area contributed by atoms with E-state index in [0.717, 1.165) is 4.90 Å². The molecule has 3 rings (SSSR count). The average Bonchev–Trinajstić information content (AvgIpc) is 3.78. The molecule has 2 fully saturated rings. The number of hydrogen-bond acceptors (Lipinski definition) is 14. The Morgan fingerprint density at radius 3 is 2.10 bits per heavy atom. The monoisotopic (exact) mass is 942 g/mol. The molecule has 2 saturated heterocycles. The lowest BCUT2D eigenvalue weighted by Gasteiger charge is -2.32. The van der Waals surface area contributed by atoms with Gasteiger partial charge in [0.05, 0.1) is 32.2 Å². The van der Waals surface area contributed by atoms with E-state index in [-0.39, 0.29) is 43.7 Å². The molecule has 0 radical (unpaired) electrons. The normalized spacial score (nSPS) is 23.4. The first-order valence-electron chi connectivity index (χ1n) is 21.7. The van der Waals surface area contributed by atoms with E-state index >= 15 is 0 Å². The molecule has 25 nitrogen and oxygen atoms in total. The zero-order valence-electron chi connectivity index (χ0n) is 37.4. The van der Waals surface area contributed by atoms with E-state index < -0.39 is 159 Å². The molecule has 368 valence electrons. The number of hydrogen-bond donors (Lipinski definition) is 13. The van der Waals surface area contributed by atoms with Gasteiger partial charge >= 0.3 is 0 Å². The van der Waals surface area contributed by atoms with E-state index in [0.29, 0.717) is 12.0 Å². The summed E-state index contributed by atoms with van der Waals surface area (Å²) >= 11 is 0. The van der Waals surface area contributed by atoms with Gasteiger partial charge in [0.25, 0.3) is 0 Å². The number of carbonyl (C=O) groups is 11. The predicted octanol–water partition coefficient (Wildman–Crippen LogP) is -5.49. The SMILES string of the molecule is C=C1N[C@@H]([C@@H](C)CC)C(=O)N[C@@H](CCC(N)=O)C(=O)N[C@@H](CC(N)=O)C(=O)N[C@H](C(=O)N2CCCC2C(=O)N[C@@H](CO)C(=O)NCC(N)=O)CCC(=O)NCC(=O)N[C@H]1Cc1ccc(O)cc1. The van der Waals surface area contributed by atoms with Crippen LogP contribution in [0.15, 0.2) is 36.5 Å². The van der Waals surface area contributed by atoms with Gasteiger partial charge in [-0.2, -0.15) is 0 Å². The van der Waals surface area contributed by atoms with Gasteiger partial charge in [0.1, 0.15) is 42.0 Å². The molecule has 8 atom stereocenters. The van der Waals surface area contributed by atoms with E-state index in [2.05, 4.69) is 49.1 Å². The lowest BCUT2D eigenvalue weighted by molar-refractivity contribution is -0.143. The van der Waals surface area contributed by atoms with Crippen molar-refractivity contribution in [3.63, 3.8) is 0 Å². The summed E-state index contributed by atoms with van der Waals surface area (Å²) in [6.07, 6.45) is -1.77. The highest BCUT2D eigenvalue weighted by Gasteiger charge is 2.40. The molecule has 16 N–H and O–H groups in total. The standard InChI is InChI=1S/C42H62N12O13/c1-4-21(2)36-41(66)50-25(11-13-31(43)57)38(63)52-28(17-32(44)58)39(64)51-26(42(67)54-15-5-6-30(54)40(65)53-29(20-55)37(62)47-18-33(45)59)12-14-34(60)46-19-35(61)49-27(22(3)48-36)16-23-7-9-24(56)10-8-23/h7-10,21,25-30,36,48,55-56H,3-6,11-20H2,1-2H3,(H2,43,57)(H2,44,58)(H2,45,59)(H,46,60)(H,47,62)(H,49,61)(H,50,66)(H,51,64)(H,52,63)(H,53,65)/t21-,25-,26-,27-,28-,29-,30?,36-/m0/s1. The van der Waals surface area contributed by atoms with Gasteiger partial charge < -0.3 is 74.8 Å². The largest absolute Gasteiger partial charge is 0.508 e. The first kappa shape index (κ1) is 54.0. The maximum atomic E-state index is 14.3. The number of primary amides is 3. The van der Waals surface area contributed by atoms with Gasteiger partial charge in [0.2, 0.25) is 65.0 Å². The predicted molar refractivity (Wildman–Crippen MR) is 235 cm³/mol. The molecule has 2 aliphatic rings. The van der Waals surface area contributed by atoms with E-state index in [1.54, 1.807) is 26.0 Å². The minimum Gasteiger partial charge on any atom is -0.508 e. The fraction of sp³-hybridized carbons (Fsp3) is 0.548. The molecule has 0 aromatic heterocycles. The van der Waals surface area contributed by atoms with E-state index in [1.807, 2.05) is 0 Å². The van der Waals surface area contributed by atoms with Gasteiger partial charge in [-0.15, -0.1) is 0 Å². The number of nitrogens with zero attached hydrogens (tertiary/aromatic N) is 1. The molecule has 0 bridgehead atoms. The van der Waals surface area contributed by atoms with Gasteiger partial charge in [0.15, 0.2) is 0 Å². The molecule has 11 amide bonds. The number of phenols is 1. The van der Waals surface area contributed by atoms with Crippen molar-refractivity contribution in [2.45, 2.75) is 114 Å². The Hall–Kier alpha value is -7.31. The van der Waals surface area contributed by atoms with Crippen molar-refractivity contribution in [3.05, 3.63) is 42.1 Å². The van der Waals surface area contributed by atoms with Crippen LogP contribution >= 0.6 is 0 Å². The fourth-order valence-corrected chi connectivity index (χ4v) is 7.21. The zero-order chi connectivity index (χ0) is 50.0. The molecule has 1 unspecified atom stereocenters. The second kappa shape index (κ2) is 26.0. The molecule has 0 aliphatic carbocycles. The molecule has 2 heterocycles. The Morgan fingerprint density at radius 2 is 1.49 bits per heavy atom. The summed E-state index contributed by atoms with van der Waals surface area (Å²) in [7, 11) is 0. The summed E-state index contributed by atoms with van der Waals surface area (Å²) in [4.78, 5) is 146. The minimum absolute atomic E-state index is 0.0147. The maximum absolute atomic E-state index is 14.3. The third kappa shape index (κ3) is 17.2. The van der Waals surface area contributed by atoms with Crippen LogP contribution in [0.2, 0.25) is 0 Å². The Labute approximate surface area is 385 Å². The van der Waals surface area contributed by atoms with Crippen LogP contribution in [0.3, 0.4) is 0 Å². The lowest BCUT2D eigenvalue weighted by Crippen LogP contribution is -2.60. The lowest BCUT2D eigenvalue weighted by atomic mass is 9.95. The molecular formula is C42H62N12O13. The van der Waals surface area contributed by atoms with Crippen LogP contribution in [0, 0.1) is 5.92 Å². The summed E-state index contributed by atoms with van der Waals surface area (Å²) in [5, 5.41) is 39.8. The number of aliphatic hydroxyl groups is 1. The van der Waals surface area contributed by atoms with Crippen molar-refractivity contribution in [3.8, 4) is 5.75 Å². The van der Waals surface area contributed by atoms with Gasteiger partial charge in [-0.1, -0.05) is 39.0 Å². The highest BCUT2D eigenvalue weighted by molar-refractivity contribution is 5.99. The average molecular weight is 943 g/mol. The van der Waals surface area contributed by atoms with Gasteiger partial charge in [0, 0.05) is 25.1 Å². The minimum atomic E-state index is -1.80. The third-order valence-corrected chi connectivity index (χ3v) is 11.1. The first-order chi connectivity index (χ1) is 31.6. The van der Waals surface area contributed by atoms with Crippen LogP contribution in [0.25, 0.3) is 0 Å². The summed E-state index contributed by atoms with van der Waals surface area (Å²) < 4.78 is 0. The number of amides is 11. The summed E-state index contributed by atoms with van der Waals surface area (Å²) in [5.74, 6) is -10.5. The first-order valence-corrected chi connectivity index (χ1v) is 21.7. The number of aliphatic hydroxyl groups excluding tert-OH is 1. The zero-order valence-corrected chi connectivity index (χ0v) is 37.4. The summed E-state index contributed by atoms with van der Waals surface area (Å²) in [5.41, 5.74) is 16.7. The number of nitrogens with one attached hydrogen (secondary N) is 8. The molecule has 2 aliphatic heterocycles.